The third-order valence-electron chi connectivity index (χ3n) is 14.5. The number of nitrogens with two attached hydrogens (primary N) is 6. The van der Waals surface area contributed by atoms with Crippen molar-refractivity contribution in [1.29, 1.82) is 0 Å². The fourth-order valence-electron chi connectivity index (χ4n) is 10.1. The van der Waals surface area contributed by atoms with Gasteiger partial charge in [0.15, 0.2) is 17.2 Å². The second-order valence-corrected chi connectivity index (χ2v) is 19.1. The molecular weight excluding hydrogens is 889 g/mol. The second kappa shape index (κ2) is 20.7. The number of carbonyl (C=O) groups is 6. The number of hydrogen-bond acceptors (Lipinski definition) is 15. The summed E-state index contributed by atoms with van der Waals surface area (Å²) in [5.41, 5.74) is 40.1. The average Bonchev–Trinajstić information content (AvgIpc) is 3.30. The Bertz CT molecular complexity index is 2250. The van der Waals surface area contributed by atoms with Crippen LogP contribution in [-0.2, 0) is 33.6 Å². The SMILES string of the molecule is CCc1cc2c(O)c(c1)C(=O)N[C@H]1C[C@@H](C(=O)Nc3cc(CC)cc(c3O)C(=O)N[C@H]3C[C@@H](C(=O)Nc4cc(CC)cc(c4O)C(=O)N[C@H]4CC(C(=O)N2)[C@H](N)C[C@@H]4N)[C@H](N)C[C@@H]3N)[C@H](N)C[C@@H]1N. The number of aromatic hydroxyl groups is 3. The van der Waals surface area contributed by atoms with Crippen LogP contribution in [0.1, 0.15) is 107 Å². The van der Waals surface area contributed by atoms with E-state index in [0.717, 1.165) is 0 Å². The number of rotatable bonds is 3. The van der Waals surface area contributed by atoms with Crippen molar-refractivity contribution in [1.82, 2.24) is 16.0 Å². The summed E-state index contributed by atoms with van der Waals surface area (Å²) in [5.74, 6) is -8.42. The Balaban J connectivity index is 1.26. The van der Waals surface area contributed by atoms with Crippen LogP contribution >= 0.6 is 0 Å². The Morgan fingerprint density at radius 2 is 0.652 bits per heavy atom. The van der Waals surface area contributed by atoms with Crippen LogP contribution in [0.4, 0.5) is 17.1 Å². The third kappa shape index (κ3) is 10.6. The molecule has 21 heteroatoms. The molecule has 3 aliphatic carbocycles. The molecule has 21 nitrogen and oxygen atoms in total. The summed E-state index contributed by atoms with van der Waals surface area (Å²) in [6, 6.07) is 2.19. The molecule has 69 heavy (non-hydrogen) atoms. The molecule has 7 rings (SSSR count). The fraction of sp³-hybridized carbons (Fsp3) is 0.500. The number of fused-ring (bicyclic) bond motifs is 12. The van der Waals surface area contributed by atoms with E-state index < -0.39 is 125 Å². The number of benzene rings is 3. The number of amides is 6. The molecule has 3 aromatic carbocycles. The molecule has 0 saturated heterocycles. The smallest absolute Gasteiger partial charge is 0.255 e. The Kier molecular flexibility index (Phi) is 15.2. The number of hydrogen-bond donors (Lipinski definition) is 15. The minimum atomic E-state index is -0.935. The van der Waals surface area contributed by atoms with Gasteiger partial charge >= 0.3 is 0 Å². The molecule has 12 atom stereocenters. The van der Waals surface area contributed by atoms with Crippen molar-refractivity contribution in [2.75, 3.05) is 16.0 Å². The molecule has 3 aromatic rings. The maximum Gasteiger partial charge on any atom is 0.255 e. The van der Waals surface area contributed by atoms with Crippen LogP contribution in [0.5, 0.6) is 17.2 Å². The topological polar surface area (TPSA) is 391 Å². The molecule has 3 fully saturated rings. The number of carbonyl (C=O) groups excluding carboxylic acids is 6. The van der Waals surface area contributed by atoms with Crippen molar-refractivity contribution in [2.24, 2.45) is 52.2 Å². The molecular formula is C48H66N12O9. The number of nitrogens with one attached hydrogen (secondary N) is 6. The predicted molar refractivity (Wildman–Crippen MR) is 258 cm³/mol. The highest BCUT2D eigenvalue weighted by Crippen LogP contribution is 2.37. The van der Waals surface area contributed by atoms with Gasteiger partial charge in [-0.2, -0.15) is 0 Å². The molecule has 1 unspecified atom stereocenters. The van der Waals surface area contributed by atoms with Gasteiger partial charge in [0.05, 0.1) is 51.5 Å². The highest BCUT2D eigenvalue weighted by atomic mass is 16.3. The predicted octanol–water partition coefficient (Wildman–Crippen LogP) is 0.209. The Morgan fingerprint density at radius 1 is 0.406 bits per heavy atom. The molecule has 0 radical (unpaired) electrons. The number of aryl methyl sites for hydroxylation is 3. The number of anilines is 3. The zero-order chi connectivity index (χ0) is 50.2. The van der Waals surface area contributed by atoms with Crippen molar-refractivity contribution < 1.29 is 44.1 Å². The van der Waals surface area contributed by atoms with Gasteiger partial charge in [0.25, 0.3) is 17.7 Å². The molecule has 12 bridgehead atoms. The maximum atomic E-state index is 14.1. The first-order valence-electron chi connectivity index (χ1n) is 23.7. The lowest BCUT2D eigenvalue weighted by Crippen LogP contribution is -2.58. The summed E-state index contributed by atoms with van der Waals surface area (Å²) >= 11 is 0. The maximum absolute atomic E-state index is 14.1. The minimum absolute atomic E-state index is 0.0284. The number of phenols is 3. The van der Waals surface area contributed by atoms with Crippen LogP contribution in [0.25, 0.3) is 0 Å². The van der Waals surface area contributed by atoms with E-state index in [-0.39, 0.29) is 72.3 Å². The van der Waals surface area contributed by atoms with E-state index in [4.69, 9.17) is 34.4 Å². The van der Waals surface area contributed by atoms with E-state index in [1.54, 1.807) is 0 Å². The first-order chi connectivity index (χ1) is 32.7. The molecule has 372 valence electrons. The second-order valence-electron chi connectivity index (χ2n) is 19.1. The molecule has 0 aromatic heterocycles. The Labute approximate surface area is 399 Å². The molecule has 21 N–H and O–H groups in total. The van der Waals surface area contributed by atoms with Gasteiger partial charge in [0.2, 0.25) is 17.7 Å². The van der Waals surface area contributed by atoms with Gasteiger partial charge in [-0.3, -0.25) is 28.8 Å². The standard InChI is InChI=1S/C48H66N12O9/c1-4-19-7-25-40(61)37(10-19)58-43(64)22-13-35(32(53)16-28(22)49)56-47(68)26-8-20(5-2)12-39(41(26)62)60-45(66)24-15-36(33(54)18-30(24)51)57-48(69)27-9-21(6-3)11-38(42(27)63)59-44(65)23-14-34(55-46(25)67)31(52)17-29(23)50/h7-12,22-24,28-36,61-63H,4-6,13-18,49-54H2,1-3H3,(H,55,67)(H,56,68)(H,57,69)(H,58,64)(H,59,65)(H,60,66)/t22-,23-,24?,28-,29-,30-,31+,32+,33+,34+,35+,36+/m1/s1. The van der Waals surface area contributed by atoms with Crippen LogP contribution in [0, 0.1) is 17.8 Å². The zero-order valence-electron chi connectivity index (χ0n) is 39.0. The van der Waals surface area contributed by atoms with Gasteiger partial charge in [-0.05, 0) is 111 Å². The molecule has 6 amide bonds. The highest BCUT2D eigenvalue weighted by Gasteiger charge is 2.42. The largest absolute Gasteiger partial charge is 0.505 e. The van der Waals surface area contributed by atoms with E-state index in [9.17, 15) is 44.1 Å². The minimum Gasteiger partial charge on any atom is -0.505 e. The van der Waals surface area contributed by atoms with Crippen molar-refractivity contribution in [2.45, 2.75) is 133 Å². The van der Waals surface area contributed by atoms with Crippen LogP contribution in [-0.4, -0.2) is 105 Å². The summed E-state index contributed by atoms with van der Waals surface area (Å²) in [6.07, 6.45) is 1.48. The molecule has 1 aliphatic heterocycles. The highest BCUT2D eigenvalue weighted by molar-refractivity contribution is 6.05. The molecule has 4 aliphatic rings. The Morgan fingerprint density at radius 3 is 0.884 bits per heavy atom. The zero-order valence-corrected chi connectivity index (χ0v) is 39.0. The fourth-order valence-corrected chi connectivity index (χ4v) is 10.1. The Hall–Kier alpha value is -6.36. The monoisotopic (exact) mass is 955 g/mol. The normalized spacial score (nSPS) is 30.4. The first-order valence-corrected chi connectivity index (χ1v) is 23.7. The van der Waals surface area contributed by atoms with Crippen LogP contribution in [0.2, 0.25) is 0 Å². The van der Waals surface area contributed by atoms with Gasteiger partial charge in [-0.15, -0.1) is 0 Å². The van der Waals surface area contributed by atoms with E-state index in [1.807, 2.05) is 20.8 Å². The summed E-state index contributed by atoms with van der Waals surface area (Å²) in [6.45, 7) is 5.48. The summed E-state index contributed by atoms with van der Waals surface area (Å²) in [4.78, 5) is 84.3. The van der Waals surface area contributed by atoms with Crippen LogP contribution in [0.15, 0.2) is 36.4 Å². The van der Waals surface area contributed by atoms with Gasteiger partial charge in [-0.25, -0.2) is 0 Å². The van der Waals surface area contributed by atoms with Gasteiger partial charge in [0, 0.05) is 54.4 Å². The van der Waals surface area contributed by atoms with E-state index in [1.165, 1.54) is 36.4 Å². The van der Waals surface area contributed by atoms with Gasteiger partial charge in [-0.1, -0.05) is 20.8 Å². The average molecular weight is 955 g/mol. The van der Waals surface area contributed by atoms with Crippen molar-refractivity contribution in [3.8, 4) is 17.2 Å². The first kappa shape index (κ1) is 50.5. The molecule has 0 spiro atoms. The third-order valence-corrected chi connectivity index (χ3v) is 14.5. The van der Waals surface area contributed by atoms with Gasteiger partial charge < -0.3 is 81.6 Å². The summed E-state index contributed by atoms with van der Waals surface area (Å²) < 4.78 is 0. The van der Waals surface area contributed by atoms with Gasteiger partial charge in [0.1, 0.15) is 0 Å². The summed E-state index contributed by atoms with van der Waals surface area (Å²) in [7, 11) is 0. The summed E-state index contributed by atoms with van der Waals surface area (Å²) in [5, 5.41) is 51.4. The molecule has 3 saturated carbocycles. The van der Waals surface area contributed by atoms with E-state index >= 15 is 0 Å². The molecule has 1 heterocycles. The van der Waals surface area contributed by atoms with Crippen LogP contribution < -0.4 is 66.3 Å². The lowest BCUT2D eigenvalue weighted by atomic mass is 9.78. The van der Waals surface area contributed by atoms with Crippen molar-refractivity contribution in [3.05, 3.63) is 69.8 Å². The number of phenolic OH excluding ortho intramolecular Hbond substituents is 3. The van der Waals surface area contributed by atoms with Crippen LogP contribution in [0.3, 0.4) is 0 Å². The van der Waals surface area contributed by atoms with E-state index in [2.05, 4.69) is 31.9 Å². The van der Waals surface area contributed by atoms with Crippen molar-refractivity contribution >= 4 is 52.5 Å². The lowest BCUT2D eigenvalue weighted by molar-refractivity contribution is -0.122. The van der Waals surface area contributed by atoms with Crippen molar-refractivity contribution in [3.63, 3.8) is 0 Å². The van der Waals surface area contributed by atoms with E-state index in [0.29, 0.717) is 36.0 Å². The lowest BCUT2D eigenvalue weighted by Gasteiger charge is -2.38. The quantitative estimate of drug-likeness (QED) is 0.156.